The van der Waals surface area contributed by atoms with Crippen molar-refractivity contribution in [2.24, 2.45) is 0 Å². The summed E-state index contributed by atoms with van der Waals surface area (Å²) in [4.78, 5) is 14.8. The molecule has 0 bridgehead atoms. The van der Waals surface area contributed by atoms with E-state index in [1.54, 1.807) is 0 Å². The van der Waals surface area contributed by atoms with Gasteiger partial charge in [0.1, 0.15) is 0 Å². The van der Waals surface area contributed by atoms with Crippen molar-refractivity contribution in [1.82, 2.24) is 4.98 Å². The fraction of sp³-hybridized carbons (Fsp3) is 0.636. The van der Waals surface area contributed by atoms with Crippen molar-refractivity contribution in [3.8, 4) is 0 Å². The van der Waals surface area contributed by atoms with Gasteiger partial charge < -0.3 is 19.9 Å². The summed E-state index contributed by atoms with van der Waals surface area (Å²) in [5.41, 5.74) is 0.811. The molecule has 0 radical (unpaired) electrons. The van der Waals surface area contributed by atoms with E-state index in [0.717, 1.165) is 10.8 Å². The van der Waals surface area contributed by atoms with Crippen LogP contribution in [0.3, 0.4) is 0 Å². The van der Waals surface area contributed by atoms with Gasteiger partial charge in [-0.15, -0.1) is 11.3 Å². The molecule has 1 atom stereocenters. The monoisotopic (exact) mass is 272 g/mol. The maximum Gasteiger partial charge on any atom is 0.303 e. The maximum atomic E-state index is 10.4. The Bertz CT molecular complexity index is 390. The first-order valence-electron chi connectivity index (χ1n) is 5.83. The zero-order chi connectivity index (χ0) is 12.8. The highest BCUT2D eigenvalue weighted by Crippen LogP contribution is 2.17. The molecule has 0 spiro atoms. The van der Waals surface area contributed by atoms with Crippen molar-refractivity contribution >= 4 is 22.4 Å². The maximum absolute atomic E-state index is 10.4. The van der Waals surface area contributed by atoms with Gasteiger partial charge in [0.05, 0.1) is 38.0 Å². The summed E-state index contributed by atoms with van der Waals surface area (Å²) in [5.74, 6) is -0.801. The molecule has 0 aliphatic carbocycles. The van der Waals surface area contributed by atoms with Crippen LogP contribution in [-0.4, -0.2) is 48.5 Å². The summed E-state index contributed by atoms with van der Waals surface area (Å²) in [6.07, 6.45) is 0.643. The lowest BCUT2D eigenvalue weighted by atomic mass is 10.2. The molecule has 1 saturated heterocycles. The number of nitrogens with one attached hydrogen (secondary N) is 1. The Kier molecular flexibility index (Phi) is 4.91. The van der Waals surface area contributed by atoms with Gasteiger partial charge in [0.2, 0.25) is 0 Å². The van der Waals surface area contributed by atoms with Crippen LogP contribution in [0.2, 0.25) is 0 Å². The second-order valence-corrected chi connectivity index (χ2v) is 4.84. The minimum atomic E-state index is -0.801. The fourth-order valence-electron chi connectivity index (χ4n) is 1.59. The molecular weight excluding hydrogens is 256 g/mol. The smallest absolute Gasteiger partial charge is 0.303 e. The number of hydrogen-bond donors (Lipinski definition) is 2. The number of anilines is 1. The van der Waals surface area contributed by atoms with E-state index >= 15 is 0 Å². The van der Waals surface area contributed by atoms with E-state index in [4.69, 9.17) is 14.6 Å². The Labute approximate surface area is 109 Å². The van der Waals surface area contributed by atoms with Crippen LogP contribution in [-0.2, 0) is 20.7 Å². The zero-order valence-corrected chi connectivity index (χ0v) is 10.7. The Morgan fingerprint density at radius 2 is 2.50 bits per heavy atom. The van der Waals surface area contributed by atoms with Crippen molar-refractivity contribution < 1.29 is 19.4 Å². The van der Waals surface area contributed by atoms with Crippen LogP contribution >= 0.6 is 11.3 Å². The molecule has 1 fully saturated rings. The average molecular weight is 272 g/mol. The molecular formula is C11H16N2O4S. The van der Waals surface area contributed by atoms with Gasteiger partial charge >= 0.3 is 5.97 Å². The number of carboxylic acid groups (broad SMARTS) is 1. The van der Waals surface area contributed by atoms with Crippen LogP contribution in [0.1, 0.15) is 12.1 Å². The molecule has 18 heavy (non-hydrogen) atoms. The van der Waals surface area contributed by atoms with Crippen molar-refractivity contribution in [3.05, 3.63) is 11.1 Å². The molecule has 0 aromatic carbocycles. The number of aliphatic carboxylic acids is 1. The van der Waals surface area contributed by atoms with Crippen LogP contribution in [0.4, 0.5) is 5.13 Å². The average Bonchev–Trinajstić information content (AvgIpc) is 2.83. The summed E-state index contributed by atoms with van der Waals surface area (Å²) < 4.78 is 10.8. The van der Waals surface area contributed by atoms with Gasteiger partial charge in [0.15, 0.2) is 5.13 Å². The first-order valence-corrected chi connectivity index (χ1v) is 6.71. The molecule has 2 rings (SSSR count). The second-order valence-electron chi connectivity index (χ2n) is 3.99. The first kappa shape index (κ1) is 13.3. The van der Waals surface area contributed by atoms with E-state index in [1.165, 1.54) is 11.3 Å². The number of carboxylic acids is 1. The summed E-state index contributed by atoms with van der Waals surface area (Å²) >= 11 is 1.48. The molecule has 2 heterocycles. The van der Waals surface area contributed by atoms with E-state index < -0.39 is 5.97 Å². The minimum absolute atomic E-state index is 0.0603. The molecule has 0 amide bonds. The Morgan fingerprint density at radius 1 is 1.61 bits per heavy atom. The third kappa shape index (κ3) is 4.25. The minimum Gasteiger partial charge on any atom is -0.481 e. The third-order valence-electron chi connectivity index (χ3n) is 2.51. The summed E-state index contributed by atoms with van der Waals surface area (Å²) in [6, 6.07) is 0. The Balaban J connectivity index is 1.73. The molecule has 0 saturated carbocycles. The standard InChI is InChI=1S/C11H16N2O4S/c14-10(15)2-1-8-7-18-11(13-8)12-5-9-6-16-3-4-17-9/h7,9H,1-6H2,(H,12,13)(H,14,15). The highest BCUT2D eigenvalue weighted by molar-refractivity contribution is 7.13. The van der Waals surface area contributed by atoms with Crippen LogP contribution < -0.4 is 5.32 Å². The topological polar surface area (TPSA) is 80.7 Å². The van der Waals surface area contributed by atoms with E-state index in [1.807, 2.05) is 5.38 Å². The Morgan fingerprint density at radius 3 is 3.22 bits per heavy atom. The summed E-state index contributed by atoms with van der Waals surface area (Å²) in [6.45, 7) is 2.55. The van der Waals surface area contributed by atoms with Crippen LogP contribution in [0, 0.1) is 0 Å². The van der Waals surface area contributed by atoms with Crippen molar-refractivity contribution in [3.63, 3.8) is 0 Å². The number of ether oxygens (including phenoxy) is 2. The SMILES string of the molecule is O=C(O)CCc1csc(NCC2COCCO2)n1. The predicted octanol–water partition coefficient (Wildman–Crippen LogP) is 0.988. The van der Waals surface area contributed by atoms with Crippen LogP contribution in [0.5, 0.6) is 0 Å². The highest BCUT2D eigenvalue weighted by Gasteiger charge is 2.14. The van der Waals surface area contributed by atoms with E-state index in [-0.39, 0.29) is 12.5 Å². The van der Waals surface area contributed by atoms with Gasteiger partial charge in [-0.2, -0.15) is 0 Å². The van der Waals surface area contributed by atoms with Crippen molar-refractivity contribution in [2.45, 2.75) is 18.9 Å². The molecule has 1 aromatic heterocycles. The largest absolute Gasteiger partial charge is 0.481 e. The van der Waals surface area contributed by atoms with Gasteiger partial charge in [-0.3, -0.25) is 4.79 Å². The number of carbonyl (C=O) groups is 1. The van der Waals surface area contributed by atoms with Crippen molar-refractivity contribution in [1.29, 1.82) is 0 Å². The molecule has 1 aromatic rings. The number of aryl methyl sites for hydroxylation is 1. The number of thiazole rings is 1. The zero-order valence-electron chi connectivity index (χ0n) is 9.92. The molecule has 1 unspecified atom stereocenters. The number of rotatable bonds is 6. The third-order valence-corrected chi connectivity index (χ3v) is 3.36. The van der Waals surface area contributed by atoms with Gasteiger partial charge in [-0.1, -0.05) is 0 Å². The van der Waals surface area contributed by atoms with Crippen LogP contribution in [0.25, 0.3) is 0 Å². The van der Waals surface area contributed by atoms with Gasteiger partial charge in [-0.05, 0) is 0 Å². The molecule has 7 heteroatoms. The van der Waals surface area contributed by atoms with Gasteiger partial charge in [-0.25, -0.2) is 4.98 Å². The number of aromatic nitrogens is 1. The molecule has 100 valence electrons. The predicted molar refractivity (Wildman–Crippen MR) is 67.1 cm³/mol. The normalized spacial score (nSPS) is 19.7. The first-order chi connectivity index (χ1) is 8.74. The summed E-state index contributed by atoms with van der Waals surface area (Å²) in [7, 11) is 0. The quantitative estimate of drug-likeness (QED) is 0.803. The van der Waals surface area contributed by atoms with Gasteiger partial charge in [0, 0.05) is 18.3 Å². The molecule has 6 nitrogen and oxygen atoms in total. The highest BCUT2D eigenvalue weighted by atomic mass is 32.1. The molecule has 1 aliphatic rings. The summed E-state index contributed by atoms with van der Waals surface area (Å²) in [5, 5.41) is 14.4. The Hall–Kier alpha value is -1.18. The lowest BCUT2D eigenvalue weighted by Crippen LogP contribution is -2.34. The van der Waals surface area contributed by atoms with E-state index in [0.29, 0.717) is 32.8 Å². The van der Waals surface area contributed by atoms with Crippen molar-refractivity contribution in [2.75, 3.05) is 31.7 Å². The second kappa shape index (κ2) is 6.67. The molecule has 2 N–H and O–H groups in total. The lowest BCUT2D eigenvalue weighted by molar-refractivity contribution is -0.136. The number of hydrogen-bond acceptors (Lipinski definition) is 6. The fourth-order valence-corrected chi connectivity index (χ4v) is 2.35. The van der Waals surface area contributed by atoms with Crippen LogP contribution in [0.15, 0.2) is 5.38 Å². The molecule has 1 aliphatic heterocycles. The van der Waals surface area contributed by atoms with Gasteiger partial charge in [0.25, 0.3) is 0 Å². The van der Waals surface area contributed by atoms with E-state index in [9.17, 15) is 4.79 Å². The lowest BCUT2D eigenvalue weighted by Gasteiger charge is -2.22. The number of nitrogens with zero attached hydrogens (tertiary/aromatic N) is 1. The van der Waals surface area contributed by atoms with E-state index in [2.05, 4.69) is 10.3 Å².